The van der Waals surface area contributed by atoms with E-state index in [9.17, 15) is 0 Å². The largest absolute Gasteiger partial charge is 0.0856 e. The van der Waals surface area contributed by atoms with Crippen molar-refractivity contribution >= 4 is 0 Å². The third-order valence-corrected chi connectivity index (χ3v) is 4.60. The van der Waals surface area contributed by atoms with Gasteiger partial charge in [-0.15, -0.1) is 0 Å². The molecule has 0 radical (unpaired) electrons. The molecule has 0 aliphatic rings. The number of rotatable bonds is 13. The van der Waals surface area contributed by atoms with Crippen LogP contribution in [0.4, 0.5) is 0 Å². The highest BCUT2D eigenvalue weighted by molar-refractivity contribution is 4.99. The summed E-state index contributed by atoms with van der Waals surface area (Å²) in [5.74, 6) is 1.85. The zero-order chi connectivity index (χ0) is 15.2. The zero-order valence-corrected chi connectivity index (χ0v) is 15.0. The number of unbranched alkanes of at least 4 members (excludes halogenated alkanes) is 3. The maximum absolute atomic E-state index is 2.52. The maximum atomic E-state index is 2.52. The van der Waals surface area contributed by atoms with Crippen molar-refractivity contribution < 1.29 is 0 Å². The summed E-state index contributed by atoms with van der Waals surface area (Å²) in [6.45, 7) is 11.7. The van der Waals surface area contributed by atoms with Crippen LogP contribution in [0.2, 0.25) is 0 Å². The lowest BCUT2D eigenvalue weighted by Gasteiger charge is -2.15. The number of allylic oxidation sites excluding steroid dienone is 2. The Labute approximate surface area is 129 Å². The molecule has 0 N–H and O–H groups in total. The van der Waals surface area contributed by atoms with Crippen molar-refractivity contribution in [3.63, 3.8) is 0 Å². The van der Waals surface area contributed by atoms with Gasteiger partial charge in [-0.3, -0.25) is 0 Å². The van der Waals surface area contributed by atoms with Crippen molar-refractivity contribution in [2.24, 2.45) is 11.8 Å². The van der Waals surface area contributed by atoms with Gasteiger partial charge < -0.3 is 0 Å². The second-order valence-electron chi connectivity index (χ2n) is 6.85. The molecule has 120 valence electrons. The molecular weight excluding hydrogens is 240 g/mol. The van der Waals surface area contributed by atoms with Gasteiger partial charge in [0.05, 0.1) is 0 Å². The first-order chi connectivity index (χ1) is 9.63. The smallest absolute Gasteiger partial charge is 0.0295 e. The zero-order valence-electron chi connectivity index (χ0n) is 15.0. The van der Waals surface area contributed by atoms with E-state index in [0.29, 0.717) is 0 Å². The molecule has 0 aliphatic carbocycles. The Morgan fingerprint density at radius 3 is 2.10 bits per heavy atom. The summed E-state index contributed by atoms with van der Waals surface area (Å²) in [5.41, 5.74) is 1.63. The lowest BCUT2D eigenvalue weighted by molar-refractivity contribution is 0.445. The van der Waals surface area contributed by atoms with E-state index in [1.54, 1.807) is 5.57 Å². The summed E-state index contributed by atoms with van der Waals surface area (Å²) in [5, 5.41) is 0. The fourth-order valence-electron chi connectivity index (χ4n) is 2.99. The van der Waals surface area contributed by atoms with Crippen LogP contribution >= 0.6 is 0 Å². The molecule has 0 saturated carbocycles. The minimum Gasteiger partial charge on any atom is -0.0856 e. The Morgan fingerprint density at radius 1 is 0.900 bits per heavy atom. The lowest BCUT2D eigenvalue weighted by atomic mass is 9.91. The van der Waals surface area contributed by atoms with E-state index < -0.39 is 0 Å². The SMILES string of the molecule is CCCCC(C)CCCC=C(C)CC(CC)CCCC. The quantitative estimate of drug-likeness (QED) is 0.241. The van der Waals surface area contributed by atoms with Crippen LogP contribution in [0.1, 0.15) is 105 Å². The summed E-state index contributed by atoms with van der Waals surface area (Å²) < 4.78 is 0. The van der Waals surface area contributed by atoms with Crippen molar-refractivity contribution in [1.82, 2.24) is 0 Å². The molecule has 0 amide bonds. The highest BCUT2D eigenvalue weighted by Gasteiger charge is 2.06. The summed E-state index contributed by atoms with van der Waals surface area (Å²) in [7, 11) is 0. The molecule has 0 aromatic rings. The van der Waals surface area contributed by atoms with E-state index in [0.717, 1.165) is 11.8 Å². The van der Waals surface area contributed by atoms with E-state index in [2.05, 4.69) is 40.7 Å². The Kier molecular flexibility index (Phi) is 13.5. The minimum atomic E-state index is 0.926. The van der Waals surface area contributed by atoms with Gasteiger partial charge in [0, 0.05) is 0 Å². The fraction of sp³-hybridized carbons (Fsp3) is 0.900. The van der Waals surface area contributed by atoms with Crippen molar-refractivity contribution in [1.29, 1.82) is 0 Å². The van der Waals surface area contributed by atoms with Gasteiger partial charge in [0.25, 0.3) is 0 Å². The van der Waals surface area contributed by atoms with E-state index in [4.69, 9.17) is 0 Å². The molecule has 0 aromatic carbocycles. The highest BCUT2D eigenvalue weighted by Crippen LogP contribution is 2.22. The third kappa shape index (κ3) is 11.6. The Bertz CT molecular complexity index is 226. The first-order valence-electron chi connectivity index (χ1n) is 9.29. The second-order valence-corrected chi connectivity index (χ2v) is 6.85. The highest BCUT2D eigenvalue weighted by atomic mass is 14.1. The van der Waals surface area contributed by atoms with Crippen molar-refractivity contribution in [2.45, 2.75) is 105 Å². The van der Waals surface area contributed by atoms with Crippen LogP contribution in [0.25, 0.3) is 0 Å². The Balaban J connectivity index is 3.77. The van der Waals surface area contributed by atoms with Crippen molar-refractivity contribution in [3.05, 3.63) is 11.6 Å². The monoisotopic (exact) mass is 280 g/mol. The summed E-state index contributed by atoms with van der Waals surface area (Å²) in [4.78, 5) is 0. The fourth-order valence-corrected chi connectivity index (χ4v) is 2.99. The molecule has 0 spiro atoms. The lowest BCUT2D eigenvalue weighted by Crippen LogP contribution is -1.99. The van der Waals surface area contributed by atoms with Crippen LogP contribution in [-0.2, 0) is 0 Å². The summed E-state index contributed by atoms with van der Waals surface area (Å²) >= 11 is 0. The molecule has 0 rings (SSSR count). The molecule has 0 aromatic heterocycles. The second kappa shape index (κ2) is 13.7. The topological polar surface area (TPSA) is 0 Å². The van der Waals surface area contributed by atoms with Crippen LogP contribution in [0.3, 0.4) is 0 Å². The molecule has 0 nitrogen and oxygen atoms in total. The van der Waals surface area contributed by atoms with Gasteiger partial charge in [-0.25, -0.2) is 0 Å². The van der Waals surface area contributed by atoms with E-state index in [1.165, 1.54) is 70.6 Å². The molecule has 0 saturated heterocycles. The molecule has 0 heteroatoms. The average molecular weight is 281 g/mol. The van der Waals surface area contributed by atoms with Gasteiger partial charge in [-0.1, -0.05) is 90.7 Å². The maximum Gasteiger partial charge on any atom is -0.0295 e. The van der Waals surface area contributed by atoms with Crippen LogP contribution in [-0.4, -0.2) is 0 Å². The normalized spacial score (nSPS) is 15.3. The molecule has 0 bridgehead atoms. The molecule has 0 aliphatic heterocycles. The van der Waals surface area contributed by atoms with E-state index in [-0.39, 0.29) is 0 Å². The molecule has 2 unspecified atom stereocenters. The molecule has 2 atom stereocenters. The van der Waals surface area contributed by atoms with Crippen LogP contribution in [0, 0.1) is 11.8 Å². The van der Waals surface area contributed by atoms with E-state index >= 15 is 0 Å². The predicted molar refractivity (Wildman–Crippen MR) is 94.2 cm³/mol. The number of hydrogen-bond acceptors (Lipinski definition) is 0. The molecule has 0 fully saturated rings. The predicted octanol–water partition coefficient (Wildman–Crippen LogP) is 7.54. The first-order valence-corrected chi connectivity index (χ1v) is 9.29. The average Bonchev–Trinajstić information content (AvgIpc) is 2.45. The molecule has 0 heterocycles. The minimum absolute atomic E-state index is 0.926. The van der Waals surface area contributed by atoms with E-state index in [1.807, 2.05) is 0 Å². The molecular formula is C20H40. The van der Waals surface area contributed by atoms with Crippen LogP contribution in [0.5, 0.6) is 0 Å². The van der Waals surface area contributed by atoms with Gasteiger partial charge in [0.1, 0.15) is 0 Å². The van der Waals surface area contributed by atoms with Gasteiger partial charge in [0.2, 0.25) is 0 Å². The standard InChI is InChI=1S/C20H40/c1-6-9-13-18(4)14-11-12-15-19(5)17-20(8-3)16-10-7-2/h15,18,20H,6-14,16-17H2,1-5H3. The summed E-state index contributed by atoms with van der Waals surface area (Å²) in [6.07, 6.45) is 17.6. The third-order valence-electron chi connectivity index (χ3n) is 4.60. The number of hydrogen-bond donors (Lipinski definition) is 0. The van der Waals surface area contributed by atoms with Gasteiger partial charge in [-0.05, 0) is 38.0 Å². The summed E-state index contributed by atoms with van der Waals surface area (Å²) in [6, 6.07) is 0. The van der Waals surface area contributed by atoms with Crippen molar-refractivity contribution in [2.75, 3.05) is 0 Å². The Hall–Kier alpha value is -0.260. The van der Waals surface area contributed by atoms with Crippen LogP contribution < -0.4 is 0 Å². The molecule has 20 heavy (non-hydrogen) atoms. The van der Waals surface area contributed by atoms with Gasteiger partial charge >= 0.3 is 0 Å². The first kappa shape index (κ1) is 19.7. The Morgan fingerprint density at radius 2 is 1.50 bits per heavy atom. The van der Waals surface area contributed by atoms with Gasteiger partial charge in [0.15, 0.2) is 0 Å². The van der Waals surface area contributed by atoms with Crippen molar-refractivity contribution in [3.8, 4) is 0 Å². The van der Waals surface area contributed by atoms with Gasteiger partial charge in [-0.2, -0.15) is 0 Å². The van der Waals surface area contributed by atoms with Crippen LogP contribution in [0.15, 0.2) is 11.6 Å².